The predicted molar refractivity (Wildman–Crippen MR) is 62.4 cm³/mol. The van der Waals surface area contributed by atoms with Gasteiger partial charge in [-0.15, -0.1) is 0 Å². The Bertz CT molecular complexity index is 394. The molecular weight excluding hydrogens is 168 g/mol. The fourth-order valence-electron chi connectivity index (χ4n) is 1.80. The monoisotopic (exact) mass is 184 g/mol. The molecule has 0 saturated carbocycles. The highest BCUT2D eigenvalue weighted by molar-refractivity contribution is 5.62. The van der Waals surface area contributed by atoms with Gasteiger partial charge in [0.2, 0.25) is 0 Å². The summed E-state index contributed by atoms with van der Waals surface area (Å²) < 4.78 is 0. The molecule has 0 aromatic heterocycles. The summed E-state index contributed by atoms with van der Waals surface area (Å²) in [5, 5.41) is 0. The molecule has 0 bridgehead atoms. The minimum Gasteiger partial charge on any atom is -0.0955 e. The van der Waals surface area contributed by atoms with Gasteiger partial charge in [0, 0.05) is 0 Å². The van der Waals surface area contributed by atoms with Gasteiger partial charge in [-0.05, 0) is 29.0 Å². The normalized spacial score (nSPS) is 14.6. The number of rotatable bonds is 1. The van der Waals surface area contributed by atoms with Crippen molar-refractivity contribution in [1.82, 2.24) is 0 Å². The highest BCUT2D eigenvalue weighted by Crippen LogP contribution is 2.25. The van der Waals surface area contributed by atoms with Crippen LogP contribution in [0.5, 0.6) is 0 Å². The van der Waals surface area contributed by atoms with Crippen LogP contribution in [0.1, 0.15) is 36.5 Å². The van der Waals surface area contributed by atoms with Gasteiger partial charge in [0.1, 0.15) is 0 Å². The Morgan fingerprint density at radius 1 is 1.21 bits per heavy atom. The number of allylic oxidation sites excluding steroid dienone is 2. The molecule has 1 aliphatic rings. The van der Waals surface area contributed by atoms with Crippen molar-refractivity contribution in [2.75, 3.05) is 0 Å². The standard InChI is InChI=1S/C14H16/c1-10(2)12-6-7-13-8-11(3)4-5-14(13)9-12/h4-7,9-10H,3,8H2,1-2H3. The van der Waals surface area contributed by atoms with E-state index in [2.05, 4.69) is 50.8 Å². The average molecular weight is 184 g/mol. The molecule has 0 saturated heterocycles. The van der Waals surface area contributed by atoms with Gasteiger partial charge in [-0.1, -0.05) is 56.4 Å². The first-order valence-electron chi connectivity index (χ1n) is 5.15. The molecule has 0 unspecified atom stereocenters. The summed E-state index contributed by atoms with van der Waals surface area (Å²) in [6.45, 7) is 8.44. The highest BCUT2D eigenvalue weighted by atomic mass is 14.1. The van der Waals surface area contributed by atoms with E-state index in [1.807, 2.05) is 0 Å². The van der Waals surface area contributed by atoms with E-state index in [0.29, 0.717) is 5.92 Å². The second-order valence-corrected chi connectivity index (χ2v) is 4.28. The third kappa shape index (κ3) is 1.65. The Morgan fingerprint density at radius 2 is 2.00 bits per heavy atom. The van der Waals surface area contributed by atoms with Gasteiger partial charge >= 0.3 is 0 Å². The molecule has 1 aromatic carbocycles. The van der Waals surface area contributed by atoms with E-state index in [1.54, 1.807) is 0 Å². The van der Waals surface area contributed by atoms with Crippen LogP contribution in [0.4, 0.5) is 0 Å². The molecule has 0 aliphatic heterocycles. The van der Waals surface area contributed by atoms with E-state index in [1.165, 1.54) is 22.3 Å². The van der Waals surface area contributed by atoms with Gasteiger partial charge in [0.25, 0.3) is 0 Å². The van der Waals surface area contributed by atoms with Crippen LogP contribution in [-0.4, -0.2) is 0 Å². The van der Waals surface area contributed by atoms with Crippen molar-refractivity contribution in [3.05, 3.63) is 53.1 Å². The van der Waals surface area contributed by atoms with Gasteiger partial charge in [0.15, 0.2) is 0 Å². The van der Waals surface area contributed by atoms with Gasteiger partial charge in [-0.2, -0.15) is 0 Å². The van der Waals surface area contributed by atoms with Crippen LogP contribution in [-0.2, 0) is 6.42 Å². The minimum absolute atomic E-state index is 0.610. The summed E-state index contributed by atoms with van der Waals surface area (Å²) in [4.78, 5) is 0. The van der Waals surface area contributed by atoms with Crippen LogP contribution >= 0.6 is 0 Å². The fourth-order valence-corrected chi connectivity index (χ4v) is 1.80. The average Bonchev–Trinajstić information content (AvgIpc) is 2.16. The van der Waals surface area contributed by atoms with Crippen LogP contribution in [0.3, 0.4) is 0 Å². The van der Waals surface area contributed by atoms with Crippen molar-refractivity contribution < 1.29 is 0 Å². The summed E-state index contributed by atoms with van der Waals surface area (Å²) in [6, 6.07) is 6.76. The topological polar surface area (TPSA) is 0 Å². The third-order valence-electron chi connectivity index (χ3n) is 2.75. The lowest BCUT2D eigenvalue weighted by atomic mass is 9.91. The smallest absolute Gasteiger partial charge is 0.00257 e. The quantitative estimate of drug-likeness (QED) is 0.620. The first-order chi connectivity index (χ1) is 6.66. The van der Waals surface area contributed by atoms with E-state index in [4.69, 9.17) is 0 Å². The second kappa shape index (κ2) is 3.45. The number of fused-ring (bicyclic) bond motifs is 1. The Morgan fingerprint density at radius 3 is 2.71 bits per heavy atom. The van der Waals surface area contributed by atoms with Crippen molar-refractivity contribution in [2.24, 2.45) is 0 Å². The van der Waals surface area contributed by atoms with Crippen molar-refractivity contribution in [3.8, 4) is 0 Å². The van der Waals surface area contributed by atoms with Gasteiger partial charge in [0.05, 0.1) is 0 Å². The lowest BCUT2D eigenvalue weighted by molar-refractivity contribution is 0.864. The van der Waals surface area contributed by atoms with E-state index in [9.17, 15) is 0 Å². The van der Waals surface area contributed by atoms with Gasteiger partial charge < -0.3 is 0 Å². The number of benzene rings is 1. The van der Waals surface area contributed by atoms with Crippen molar-refractivity contribution in [2.45, 2.75) is 26.2 Å². The zero-order chi connectivity index (χ0) is 10.1. The minimum atomic E-state index is 0.610. The molecule has 0 heterocycles. The Hall–Kier alpha value is -1.30. The predicted octanol–water partition coefficient (Wildman–Crippen LogP) is 3.94. The van der Waals surface area contributed by atoms with Crippen LogP contribution in [0.15, 0.2) is 36.4 Å². The zero-order valence-electron chi connectivity index (χ0n) is 8.88. The maximum atomic E-state index is 3.98. The molecule has 0 radical (unpaired) electrons. The lowest BCUT2D eigenvalue weighted by Gasteiger charge is -2.14. The van der Waals surface area contributed by atoms with Crippen molar-refractivity contribution in [3.63, 3.8) is 0 Å². The molecule has 0 fully saturated rings. The highest BCUT2D eigenvalue weighted by Gasteiger charge is 2.08. The Balaban J connectivity index is 2.44. The van der Waals surface area contributed by atoms with E-state index in [-0.39, 0.29) is 0 Å². The molecule has 0 nitrogen and oxygen atoms in total. The molecule has 14 heavy (non-hydrogen) atoms. The SMILES string of the molecule is C=C1C=Cc2cc(C(C)C)ccc2C1. The molecule has 0 spiro atoms. The number of hydrogen-bond acceptors (Lipinski definition) is 0. The maximum absolute atomic E-state index is 3.98. The van der Waals surface area contributed by atoms with E-state index < -0.39 is 0 Å². The first-order valence-corrected chi connectivity index (χ1v) is 5.15. The molecule has 0 amide bonds. The molecule has 1 aromatic rings. The first kappa shape index (κ1) is 9.26. The summed E-state index contributed by atoms with van der Waals surface area (Å²) >= 11 is 0. The van der Waals surface area contributed by atoms with E-state index >= 15 is 0 Å². The number of hydrogen-bond donors (Lipinski definition) is 0. The van der Waals surface area contributed by atoms with E-state index in [0.717, 1.165) is 6.42 Å². The fraction of sp³-hybridized carbons (Fsp3) is 0.286. The Kier molecular flexibility index (Phi) is 2.28. The summed E-state index contributed by atoms with van der Waals surface area (Å²) in [7, 11) is 0. The molecule has 2 rings (SSSR count). The molecule has 72 valence electrons. The largest absolute Gasteiger partial charge is 0.0955 e. The van der Waals surface area contributed by atoms with Crippen molar-refractivity contribution >= 4 is 6.08 Å². The molecule has 1 aliphatic carbocycles. The van der Waals surface area contributed by atoms with Crippen LogP contribution in [0.2, 0.25) is 0 Å². The van der Waals surface area contributed by atoms with Gasteiger partial charge in [-0.25, -0.2) is 0 Å². The van der Waals surface area contributed by atoms with Crippen LogP contribution in [0.25, 0.3) is 6.08 Å². The zero-order valence-corrected chi connectivity index (χ0v) is 8.88. The van der Waals surface area contributed by atoms with Crippen LogP contribution in [0, 0.1) is 0 Å². The Labute approximate surface area is 86.0 Å². The third-order valence-corrected chi connectivity index (χ3v) is 2.75. The summed E-state index contributed by atoms with van der Waals surface area (Å²) in [5.41, 5.74) is 5.39. The summed E-state index contributed by atoms with van der Waals surface area (Å²) in [6.07, 6.45) is 5.30. The molecule has 0 atom stereocenters. The molecule has 0 N–H and O–H groups in total. The molecule has 0 heteroatoms. The van der Waals surface area contributed by atoms with Crippen LogP contribution < -0.4 is 0 Å². The second-order valence-electron chi connectivity index (χ2n) is 4.28. The van der Waals surface area contributed by atoms with Gasteiger partial charge in [-0.3, -0.25) is 0 Å². The lowest BCUT2D eigenvalue weighted by Crippen LogP contribution is -1.98. The van der Waals surface area contributed by atoms with Crippen molar-refractivity contribution in [1.29, 1.82) is 0 Å². The molecular formula is C14H16. The summed E-state index contributed by atoms with van der Waals surface area (Å²) in [5.74, 6) is 0.610. The maximum Gasteiger partial charge on any atom is -0.00257 e.